The maximum atomic E-state index is 3.54. The number of hydrogen-bond acceptors (Lipinski definition) is 1. The summed E-state index contributed by atoms with van der Waals surface area (Å²) in [6.45, 7) is 0. The van der Waals surface area contributed by atoms with Gasteiger partial charge >= 0.3 is 0 Å². The molecule has 1 aromatic heterocycles. The van der Waals surface area contributed by atoms with Crippen LogP contribution in [0.2, 0.25) is 0 Å². The summed E-state index contributed by atoms with van der Waals surface area (Å²) in [5.41, 5.74) is 3.66. The number of nitrogens with zero attached hydrogens (tertiary/aromatic N) is 1. The minimum absolute atomic E-state index is 1.12. The molecule has 0 spiro atoms. The van der Waals surface area contributed by atoms with Gasteiger partial charge in [-0.1, -0.05) is 28.1 Å². The van der Waals surface area contributed by atoms with Crippen LogP contribution in [0.15, 0.2) is 47.1 Å². The molecule has 1 aliphatic rings. The van der Waals surface area contributed by atoms with Gasteiger partial charge in [0.15, 0.2) is 0 Å². The zero-order valence-corrected chi connectivity index (χ0v) is 10.5. The van der Waals surface area contributed by atoms with Crippen LogP contribution in [0.3, 0.4) is 0 Å². The highest BCUT2D eigenvalue weighted by atomic mass is 79.9. The molecule has 2 heterocycles. The van der Waals surface area contributed by atoms with Crippen molar-refractivity contribution in [2.45, 2.75) is 0 Å². The Hall–Kier alpha value is -1.74. The van der Waals surface area contributed by atoms with E-state index in [1.54, 1.807) is 0 Å². The second-order valence-corrected chi connectivity index (χ2v) is 5.11. The van der Waals surface area contributed by atoms with E-state index in [9.17, 15) is 0 Å². The summed E-state index contributed by atoms with van der Waals surface area (Å²) in [4.78, 5) is 0. The van der Waals surface area contributed by atoms with Crippen LogP contribution in [0.4, 0.5) is 5.69 Å². The number of para-hydroxylation sites is 1. The van der Waals surface area contributed by atoms with Gasteiger partial charge in [0.05, 0.1) is 16.7 Å². The quantitative estimate of drug-likeness (QED) is 0.647. The molecule has 0 fully saturated rings. The fourth-order valence-electron chi connectivity index (χ4n) is 2.55. The van der Waals surface area contributed by atoms with Gasteiger partial charge in [-0.3, -0.25) is 0 Å². The van der Waals surface area contributed by atoms with Crippen molar-refractivity contribution < 1.29 is 0 Å². The van der Waals surface area contributed by atoms with E-state index in [1.165, 1.54) is 21.8 Å². The molecule has 3 heteroatoms. The molecule has 0 saturated heterocycles. The van der Waals surface area contributed by atoms with Crippen molar-refractivity contribution in [3.8, 4) is 0 Å². The predicted molar refractivity (Wildman–Crippen MR) is 76.1 cm³/mol. The van der Waals surface area contributed by atoms with E-state index in [2.05, 4.69) is 68.4 Å². The molecule has 0 atom stereocenters. The summed E-state index contributed by atoms with van der Waals surface area (Å²) in [6.07, 6.45) is 4.05. The summed E-state index contributed by atoms with van der Waals surface area (Å²) in [5.74, 6) is 0. The fraction of sp³-hybridized carbons (Fsp3) is 0. The van der Waals surface area contributed by atoms with Gasteiger partial charge in [-0.25, -0.2) is 0 Å². The zero-order valence-electron chi connectivity index (χ0n) is 8.94. The van der Waals surface area contributed by atoms with Gasteiger partial charge < -0.3 is 9.88 Å². The number of anilines is 1. The Kier molecular flexibility index (Phi) is 1.72. The number of rotatable bonds is 0. The van der Waals surface area contributed by atoms with Crippen molar-refractivity contribution >= 4 is 49.6 Å². The van der Waals surface area contributed by atoms with E-state index >= 15 is 0 Å². The minimum Gasteiger partial charge on any atom is -0.359 e. The molecular weight excluding hydrogens is 276 g/mol. The number of benzene rings is 2. The summed E-state index contributed by atoms with van der Waals surface area (Å²) < 4.78 is 3.36. The second kappa shape index (κ2) is 3.14. The van der Waals surface area contributed by atoms with Crippen molar-refractivity contribution in [2.75, 3.05) is 5.32 Å². The zero-order chi connectivity index (χ0) is 11.4. The Morgan fingerprint density at radius 3 is 2.94 bits per heavy atom. The van der Waals surface area contributed by atoms with Gasteiger partial charge in [0, 0.05) is 27.6 Å². The molecule has 0 aliphatic carbocycles. The van der Waals surface area contributed by atoms with Crippen LogP contribution in [0.25, 0.3) is 28.0 Å². The molecule has 2 nitrogen and oxygen atoms in total. The highest BCUT2D eigenvalue weighted by Crippen LogP contribution is 2.36. The van der Waals surface area contributed by atoms with Crippen molar-refractivity contribution in [1.82, 2.24) is 4.57 Å². The summed E-state index contributed by atoms with van der Waals surface area (Å²) in [7, 11) is 0. The molecule has 0 bridgehead atoms. The molecule has 1 N–H and O–H groups in total. The van der Waals surface area contributed by atoms with E-state index < -0.39 is 0 Å². The molecule has 82 valence electrons. The summed E-state index contributed by atoms with van der Waals surface area (Å²) in [5, 5.41) is 5.86. The Labute approximate surface area is 107 Å². The number of aromatic nitrogens is 1. The topological polar surface area (TPSA) is 17.0 Å². The molecule has 17 heavy (non-hydrogen) atoms. The van der Waals surface area contributed by atoms with Crippen LogP contribution in [0.1, 0.15) is 0 Å². The van der Waals surface area contributed by atoms with Crippen LogP contribution in [0, 0.1) is 0 Å². The normalized spacial score (nSPS) is 13.2. The SMILES string of the molecule is Brc1ccc2c(c1)c1cccc3c1n2C=CN3. The van der Waals surface area contributed by atoms with Gasteiger partial charge in [0.2, 0.25) is 0 Å². The Bertz CT molecular complexity index is 784. The predicted octanol–water partition coefficient (Wildman–Crippen LogP) is 4.41. The van der Waals surface area contributed by atoms with Gasteiger partial charge in [-0.05, 0) is 24.3 Å². The second-order valence-electron chi connectivity index (χ2n) is 4.19. The maximum absolute atomic E-state index is 3.54. The highest BCUT2D eigenvalue weighted by molar-refractivity contribution is 9.10. The largest absolute Gasteiger partial charge is 0.359 e. The van der Waals surface area contributed by atoms with Crippen LogP contribution < -0.4 is 5.32 Å². The van der Waals surface area contributed by atoms with Gasteiger partial charge in [-0.15, -0.1) is 0 Å². The molecule has 0 saturated carbocycles. The monoisotopic (exact) mass is 284 g/mol. The third-order valence-electron chi connectivity index (χ3n) is 3.25. The van der Waals surface area contributed by atoms with E-state index in [-0.39, 0.29) is 0 Å². The first-order chi connectivity index (χ1) is 8.34. The van der Waals surface area contributed by atoms with Crippen molar-refractivity contribution in [2.24, 2.45) is 0 Å². The van der Waals surface area contributed by atoms with Crippen LogP contribution in [-0.4, -0.2) is 4.57 Å². The minimum atomic E-state index is 1.12. The van der Waals surface area contributed by atoms with Gasteiger partial charge in [0.25, 0.3) is 0 Å². The van der Waals surface area contributed by atoms with E-state index in [0.29, 0.717) is 0 Å². The van der Waals surface area contributed by atoms with Crippen LogP contribution in [-0.2, 0) is 0 Å². The van der Waals surface area contributed by atoms with E-state index in [0.717, 1.165) is 10.2 Å². The molecule has 3 aromatic rings. The van der Waals surface area contributed by atoms with Gasteiger partial charge in [-0.2, -0.15) is 0 Å². The molecule has 2 aromatic carbocycles. The Morgan fingerprint density at radius 2 is 2.00 bits per heavy atom. The van der Waals surface area contributed by atoms with Crippen molar-refractivity contribution in [1.29, 1.82) is 0 Å². The Balaban J connectivity index is 2.36. The maximum Gasteiger partial charge on any atom is 0.0772 e. The van der Waals surface area contributed by atoms with Crippen molar-refractivity contribution in [3.63, 3.8) is 0 Å². The van der Waals surface area contributed by atoms with Crippen molar-refractivity contribution in [3.05, 3.63) is 47.1 Å². The third-order valence-corrected chi connectivity index (χ3v) is 3.74. The van der Waals surface area contributed by atoms with Crippen LogP contribution >= 0.6 is 15.9 Å². The molecule has 0 radical (unpaired) electrons. The molecule has 0 amide bonds. The first-order valence-corrected chi connectivity index (χ1v) is 6.29. The third kappa shape index (κ3) is 1.15. The van der Waals surface area contributed by atoms with E-state index in [1.807, 2.05) is 6.20 Å². The highest BCUT2D eigenvalue weighted by Gasteiger charge is 2.14. The number of halogens is 1. The lowest BCUT2D eigenvalue weighted by atomic mass is 10.1. The molecular formula is C14H9BrN2. The first-order valence-electron chi connectivity index (χ1n) is 5.50. The molecule has 1 aliphatic heterocycles. The number of fused-ring (bicyclic) bond motifs is 3. The summed E-state index contributed by atoms with van der Waals surface area (Å²) in [6, 6.07) is 12.8. The standard InChI is InChI=1S/C14H9BrN2/c15-9-4-5-13-11(8-9)10-2-1-3-12-14(10)17(13)7-6-16-12/h1-8,16H. The molecule has 4 rings (SSSR count). The summed E-state index contributed by atoms with van der Waals surface area (Å²) >= 11 is 3.54. The first kappa shape index (κ1) is 9.31. The average molecular weight is 285 g/mol. The smallest absolute Gasteiger partial charge is 0.0772 e. The average Bonchev–Trinajstić information content (AvgIpc) is 2.67. The van der Waals surface area contributed by atoms with E-state index in [4.69, 9.17) is 0 Å². The lowest BCUT2D eigenvalue weighted by molar-refractivity contribution is 1.26. The Morgan fingerprint density at radius 1 is 1.06 bits per heavy atom. The number of hydrogen-bond donors (Lipinski definition) is 1. The van der Waals surface area contributed by atoms with Gasteiger partial charge in [0.1, 0.15) is 0 Å². The lowest BCUT2D eigenvalue weighted by Crippen LogP contribution is -1.98. The van der Waals surface area contributed by atoms with Crippen LogP contribution in [0.5, 0.6) is 0 Å². The molecule has 0 unspecified atom stereocenters. The lowest BCUT2D eigenvalue weighted by Gasteiger charge is -2.11. The number of nitrogens with one attached hydrogen (secondary N) is 1. The fourth-order valence-corrected chi connectivity index (χ4v) is 2.91.